The van der Waals surface area contributed by atoms with Crippen LogP contribution in [-0.2, 0) is 9.53 Å². The van der Waals surface area contributed by atoms with Gasteiger partial charge in [-0.1, -0.05) is 0 Å². The van der Waals surface area contributed by atoms with Crippen LogP contribution in [0.2, 0.25) is 0 Å². The maximum atomic E-state index is 11.1. The second kappa shape index (κ2) is 5.26. The molecule has 0 saturated carbocycles. The van der Waals surface area contributed by atoms with E-state index >= 15 is 0 Å². The molecule has 0 saturated heterocycles. The first-order valence-corrected chi connectivity index (χ1v) is 4.70. The minimum absolute atomic E-state index is 0.0709. The number of nitro groups is 1. The molecule has 0 aliphatic rings. The highest BCUT2D eigenvalue weighted by Gasteiger charge is 2.19. The number of carbonyl (C=O) groups is 1. The standard InChI is InChI=1S/C9H12N2O5/c1-2-15-9(12)5-6(10)7-3-4-8(16-7)11(13)14/h3-4,6H,2,5,10H2,1H3/t6-/m0/s1. The van der Waals surface area contributed by atoms with Crippen molar-refractivity contribution in [3.63, 3.8) is 0 Å². The maximum Gasteiger partial charge on any atom is 0.433 e. The highest BCUT2D eigenvalue weighted by atomic mass is 16.6. The van der Waals surface area contributed by atoms with Crippen molar-refractivity contribution in [1.29, 1.82) is 0 Å². The van der Waals surface area contributed by atoms with Crippen molar-refractivity contribution in [2.75, 3.05) is 6.61 Å². The molecule has 0 fully saturated rings. The van der Waals surface area contributed by atoms with Gasteiger partial charge in [0, 0.05) is 0 Å². The van der Waals surface area contributed by atoms with E-state index in [1.54, 1.807) is 6.92 Å². The first-order chi connectivity index (χ1) is 7.54. The van der Waals surface area contributed by atoms with Gasteiger partial charge in [-0.15, -0.1) is 0 Å². The largest absolute Gasteiger partial charge is 0.466 e. The Morgan fingerprint density at radius 1 is 1.69 bits per heavy atom. The highest BCUT2D eigenvalue weighted by Crippen LogP contribution is 2.22. The molecular weight excluding hydrogens is 216 g/mol. The highest BCUT2D eigenvalue weighted by molar-refractivity contribution is 5.70. The lowest BCUT2D eigenvalue weighted by atomic mass is 10.2. The predicted octanol–water partition coefficient (Wildman–Crippen LogP) is 1.14. The fraction of sp³-hybridized carbons (Fsp3) is 0.444. The van der Waals surface area contributed by atoms with Crippen LogP contribution >= 0.6 is 0 Å². The first kappa shape index (κ1) is 12.2. The van der Waals surface area contributed by atoms with Gasteiger partial charge in [-0.25, -0.2) is 0 Å². The summed E-state index contributed by atoms with van der Waals surface area (Å²) in [4.78, 5) is 20.8. The van der Waals surface area contributed by atoms with E-state index in [1.807, 2.05) is 0 Å². The normalized spacial score (nSPS) is 12.1. The van der Waals surface area contributed by atoms with E-state index in [9.17, 15) is 14.9 Å². The average molecular weight is 228 g/mol. The second-order valence-corrected chi connectivity index (χ2v) is 3.05. The molecule has 1 rings (SSSR count). The number of nitrogens with zero attached hydrogens (tertiary/aromatic N) is 1. The molecule has 1 heterocycles. The molecule has 0 aliphatic carbocycles. The van der Waals surface area contributed by atoms with Crippen LogP contribution in [0.15, 0.2) is 16.5 Å². The van der Waals surface area contributed by atoms with Crippen LogP contribution in [0.5, 0.6) is 0 Å². The van der Waals surface area contributed by atoms with Gasteiger partial charge in [-0.2, -0.15) is 0 Å². The molecule has 2 N–H and O–H groups in total. The minimum atomic E-state index is -0.729. The zero-order valence-corrected chi connectivity index (χ0v) is 8.71. The van der Waals surface area contributed by atoms with E-state index in [-0.39, 0.29) is 18.8 Å². The Hall–Kier alpha value is -1.89. The third-order valence-electron chi connectivity index (χ3n) is 1.85. The number of ether oxygens (including phenoxy) is 1. The zero-order valence-electron chi connectivity index (χ0n) is 8.71. The molecular formula is C9H12N2O5. The van der Waals surface area contributed by atoms with Crippen LogP contribution in [0.4, 0.5) is 5.88 Å². The third-order valence-corrected chi connectivity index (χ3v) is 1.85. The van der Waals surface area contributed by atoms with Gasteiger partial charge in [0.05, 0.1) is 25.1 Å². The van der Waals surface area contributed by atoms with Crippen molar-refractivity contribution >= 4 is 11.9 Å². The molecule has 0 unspecified atom stereocenters. The molecule has 0 aromatic carbocycles. The Morgan fingerprint density at radius 3 is 2.88 bits per heavy atom. The number of carbonyl (C=O) groups excluding carboxylic acids is 1. The summed E-state index contributed by atoms with van der Waals surface area (Å²) in [7, 11) is 0. The molecule has 88 valence electrons. The van der Waals surface area contributed by atoms with Gasteiger partial charge < -0.3 is 14.9 Å². The summed E-state index contributed by atoms with van der Waals surface area (Å²) in [5, 5.41) is 10.3. The number of esters is 1. The summed E-state index contributed by atoms with van der Waals surface area (Å²) >= 11 is 0. The van der Waals surface area contributed by atoms with E-state index < -0.39 is 22.8 Å². The molecule has 0 amide bonds. The lowest BCUT2D eigenvalue weighted by Crippen LogP contribution is -2.16. The van der Waals surface area contributed by atoms with Gasteiger partial charge in [0.2, 0.25) is 0 Å². The lowest BCUT2D eigenvalue weighted by molar-refractivity contribution is -0.402. The second-order valence-electron chi connectivity index (χ2n) is 3.05. The van der Waals surface area contributed by atoms with Gasteiger partial charge in [0.15, 0.2) is 0 Å². The van der Waals surface area contributed by atoms with Crippen LogP contribution in [0.3, 0.4) is 0 Å². The summed E-state index contributed by atoms with van der Waals surface area (Å²) in [6.07, 6.45) is -0.0709. The van der Waals surface area contributed by atoms with E-state index in [2.05, 4.69) is 0 Å². The van der Waals surface area contributed by atoms with Gasteiger partial charge in [-0.05, 0) is 13.0 Å². The average Bonchev–Trinajstić information content (AvgIpc) is 2.66. The Morgan fingerprint density at radius 2 is 2.38 bits per heavy atom. The van der Waals surface area contributed by atoms with E-state index in [1.165, 1.54) is 12.1 Å². The monoisotopic (exact) mass is 228 g/mol. The molecule has 1 atom stereocenters. The fourth-order valence-electron chi connectivity index (χ4n) is 1.14. The van der Waals surface area contributed by atoms with E-state index in [0.717, 1.165) is 0 Å². The summed E-state index contributed by atoms with van der Waals surface area (Å²) in [5.41, 5.74) is 5.62. The summed E-state index contributed by atoms with van der Waals surface area (Å²) in [5.74, 6) is -0.664. The molecule has 16 heavy (non-hydrogen) atoms. The van der Waals surface area contributed by atoms with Gasteiger partial charge >= 0.3 is 11.9 Å². The number of rotatable bonds is 5. The third kappa shape index (κ3) is 3.06. The van der Waals surface area contributed by atoms with Crippen LogP contribution in [0, 0.1) is 10.1 Å². The molecule has 0 radical (unpaired) electrons. The Balaban J connectivity index is 2.62. The molecule has 0 spiro atoms. The van der Waals surface area contributed by atoms with Crippen LogP contribution in [0.1, 0.15) is 25.1 Å². The zero-order chi connectivity index (χ0) is 12.1. The van der Waals surface area contributed by atoms with Gasteiger partial charge in [0.25, 0.3) is 0 Å². The molecule has 1 aromatic heterocycles. The summed E-state index contributed by atoms with van der Waals surface area (Å²) < 4.78 is 9.55. The molecule has 7 heteroatoms. The van der Waals surface area contributed by atoms with Crippen molar-refractivity contribution in [1.82, 2.24) is 0 Å². The fourth-order valence-corrected chi connectivity index (χ4v) is 1.14. The van der Waals surface area contributed by atoms with Gasteiger partial charge in [-0.3, -0.25) is 14.9 Å². The predicted molar refractivity (Wildman–Crippen MR) is 53.5 cm³/mol. The maximum absolute atomic E-state index is 11.1. The van der Waals surface area contributed by atoms with Crippen LogP contribution in [-0.4, -0.2) is 17.5 Å². The Bertz CT molecular complexity index is 387. The number of furan rings is 1. The smallest absolute Gasteiger partial charge is 0.433 e. The number of nitrogens with two attached hydrogens (primary N) is 1. The molecule has 1 aromatic rings. The Labute approximate surface area is 91.3 Å². The van der Waals surface area contributed by atoms with Crippen molar-refractivity contribution in [2.24, 2.45) is 5.73 Å². The van der Waals surface area contributed by atoms with E-state index in [0.29, 0.717) is 0 Å². The molecule has 0 aliphatic heterocycles. The van der Waals surface area contributed by atoms with Crippen LogP contribution < -0.4 is 5.73 Å². The number of hydrogen-bond donors (Lipinski definition) is 1. The topological polar surface area (TPSA) is 109 Å². The first-order valence-electron chi connectivity index (χ1n) is 4.70. The lowest BCUT2D eigenvalue weighted by Gasteiger charge is -2.06. The minimum Gasteiger partial charge on any atom is -0.466 e. The summed E-state index contributed by atoms with van der Waals surface area (Å²) in [6.45, 7) is 1.95. The summed E-state index contributed by atoms with van der Waals surface area (Å²) in [6, 6.07) is 1.84. The van der Waals surface area contributed by atoms with Crippen molar-refractivity contribution in [3.8, 4) is 0 Å². The van der Waals surface area contributed by atoms with Gasteiger partial charge in [0.1, 0.15) is 10.7 Å². The molecule has 7 nitrogen and oxygen atoms in total. The van der Waals surface area contributed by atoms with E-state index in [4.69, 9.17) is 14.9 Å². The van der Waals surface area contributed by atoms with Crippen molar-refractivity contribution in [2.45, 2.75) is 19.4 Å². The van der Waals surface area contributed by atoms with Crippen molar-refractivity contribution in [3.05, 3.63) is 28.0 Å². The quantitative estimate of drug-likeness (QED) is 0.459. The Kier molecular flexibility index (Phi) is 4.01. The van der Waals surface area contributed by atoms with Crippen LogP contribution in [0.25, 0.3) is 0 Å². The van der Waals surface area contributed by atoms with Crippen molar-refractivity contribution < 1.29 is 18.9 Å². The SMILES string of the molecule is CCOC(=O)C[C@H](N)c1ccc([N+](=O)[O-])o1. The number of hydrogen-bond acceptors (Lipinski definition) is 6. The molecule has 0 bridgehead atoms.